The quantitative estimate of drug-likeness (QED) is 0.558. The normalized spacial score (nSPS) is 20.1. The summed E-state index contributed by atoms with van der Waals surface area (Å²) in [6, 6.07) is -0.405. The summed E-state index contributed by atoms with van der Waals surface area (Å²) in [6.45, 7) is 4.00. The van der Waals surface area contributed by atoms with Crippen LogP contribution in [0.1, 0.15) is 45.4 Å². The molecule has 3 nitrogen and oxygen atoms in total. The molecule has 92 valence electrons. The lowest BCUT2D eigenvalue weighted by molar-refractivity contribution is -0.141. The van der Waals surface area contributed by atoms with E-state index in [1.54, 1.807) is 0 Å². The smallest absolute Gasteiger partial charge is 0.324 e. The molecule has 1 N–H and O–H groups in total. The van der Waals surface area contributed by atoms with Gasteiger partial charge in [0.1, 0.15) is 6.04 Å². The van der Waals surface area contributed by atoms with Gasteiger partial charge < -0.3 is 5.11 Å². The Morgan fingerprint density at radius 2 is 2.06 bits per heavy atom. The van der Waals surface area contributed by atoms with Gasteiger partial charge in [0.15, 0.2) is 0 Å². The first kappa shape index (κ1) is 13.2. The number of nitrogens with zero attached hydrogens (tertiary/aromatic N) is 1. The fourth-order valence-electron chi connectivity index (χ4n) is 2.10. The van der Waals surface area contributed by atoms with E-state index in [4.69, 9.17) is 0 Å². The molecule has 0 amide bonds. The number of carbonyl (C=O) groups is 1. The highest BCUT2D eigenvalue weighted by molar-refractivity contribution is 5.75. The van der Waals surface area contributed by atoms with Crippen molar-refractivity contribution >= 4 is 5.97 Å². The summed E-state index contributed by atoms with van der Waals surface area (Å²) in [5.41, 5.74) is 0. The van der Waals surface area contributed by atoms with Crippen LogP contribution in [0.4, 0.5) is 0 Å². The molecule has 1 saturated heterocycles. The Bertz CT molecular complexity index is 232. The Morgan fingerprint density at radius 3 is 2.62 bits per heavy atom. The van der Waals surface area contributed by atoms with Gasteiger partial charge in [-0.3, -0.25) is 9.69 Å². The molecule has 1 unspecified atom stereocenters. The molecule has 1 aliphatic heterocycles. The van der Waals surface area contributed by atoms with Crippen LogP contribution in [0.2, 0.25) is 0 Å². The molecule has 0 aromatic heterocycles. The van der Waals surface area contributed by atoms with E-state index >= 15 is 0 Å². The van der Waals surface area contributed by atoms with E-state index < -0.39 is 12.0 Å². The topological polar surface area (TPSA) is 40.5 Å². The maximum absolute atomic E-state index is 11.2. The maximum Gasteiger partial charge on any atom is 0.324 e. The summed E-state index contributed by atoms with van der Waals surface area (Å²) in [5, 5.41) is 9.19. The number of likely N-dealkylation sites (tertiary alicyclic amines) is 1. The monoisotopic (exact) mass is 225 g/mol. The van der Waals surface area contributed by atoms with Crippen molar-refractivity contribution in [3.05, 3.63) is 12.2 Å². The van der Waals surface area contributed by atoms with Crippen LogP contribution in [0, 0.1) is 0 Å². The first-order valence-corrected chi connectivity index (χ1v) is 6.39. The minimum Gasteiger partial charge on any atom is -0.480 e. The molecular formula is C13H23NO2. The van der Waals surface area contributed by atoms with Crippen LogP contribution in [0.15, 0.2) is 12.2 Å². The van der Waals surface area contributed by atoms with Crippen molar-refractivity contribution in [1.82, 2.24) is 4.90 Å². The fraction of sp³-hybridized carbons (Fsp3) is 0.769. The zero-order valence-corrected chi connectivity index (χ0v) is 10.2. The Morgan fingerprint density at radius 1 is 1.38 bits per heavy atom. The molecule has 0 aliphatic carbocycles. The van der Waals surface area contributed by atoms with Gasteiger partial charge in [0.05, 0.1) is 0 Å². The highest BCUT2D eigenvalue weighted by Crippen LogP contribution is 2.13. The van der Waals surface area contributed by atoms with Crippen molar-refractivity contribution in [2.45, 2.75) is 51.5 Å². The van der Waals surface area contributed by atoms with E-state index in [0.717, 1.165) is 45.2 Å². The SMILES string of the molecule is CCCC/C=C/C(C(=O)O)N1CCCCC1. The summed E-state index contributed by atoms with van der Waals surface area (Å²) < 4.78 is 0. The summed E-state index contributed by atoms with van der Waals surface area (Å²) in [5.74, 6) is -0.713. The van der Waals surface area contributed by atoms with Gasteiger partial charge in [0, 0.05) is 0 Å². The predicted molar refractivity (Wildman–Crippen MR) is 65.5 cm³/mol. The van der Waals surface area contributed by atoms with Crippen molar-refractivity contribution in [2.75, 3.05) is 13.1 Å². The van der Waals surface area contributed by atoms with Gasteiger partial charge in [0.25, 0.3) is 0 Å². The Kier molecular flexibility index (Phi) is 6.16. The zero-order chi connectivity index (χ0) is 11.8. The van der Waals surface area contributed by atoms with E-state index in [2.05, 4.69) is 11.8 Å². The van der Waals surface area contributed by atoms with Gasteiger partial charge in [-0.05, 0) is 32.4 Å². The molecule has 1 atom stereocenters. The molecule has 0 spiro atoms. The third-order valence-corrected chi connectivity index (χ3v) is 3.08. The molecule has 0 radical (unpaired) electrons. The molecular weight excluding hydrogens is 202 g/mol. The van der Waals surface area contributed by atoms with E-state index in [1.165, 1.54) is 6.42 Å². The van der Waals surface area contributed by atoms with Crippen LogP contribution >= 0.6 is 0 Å². The van der Waals surface area contributed by atoms with Gasteiger partial charge in [-0.25, -0.2) is 0 Å². The van der Waals surface area contributed by atoms with Crippen molar-refractivity contribution in [3.63, 3.8) is 0 Å². The first-order chi connectivity index (χ1) is 7.75. The largest absolute Gasteiger partial charge is 0.480 e. The number of piperidine rings is 1. The average Bonchev–Trinajstić information content (AvgIpc) is 2.30. The summed E-state index contributed by atoms with van der Waals surface area (Å²) in [6.07, 6.45) is 10.7. The minimum absolute atomic E-state index is 0.405. The second-order valence-electron chi connectivity index (χ2n) is 4.45. The number of hydrogen-bond donors (Lipinski definition) is 1. The van der Waals surface area contributed by atoms with E-state index in [0.29, 0.717) is 0 Å². The number of aliphatic carboxylic acids is 1. The molecule has 16 heavy (non-hydrogen) atoms. The second kappa shape index (κ2) is 7.44. The third-order valence-electron chi connectivity index (χ3n) is 3.08. The molecule has 0 aromatic rings. The van der Waals surface area contributed by atoms with Gasteiger partial charge in [-0.15, -0.1) is 0 Å². The van der Waals surface area contributed by atoms with Gasteiger partial charge in [-0.1, -0.05) is 38.3 Å². The maximum atomic E-state index is 11.2. The minimum atomic E-state index is -0.713. The summed E-state index contributed by atoms with van der Waals surface area (Å²) in [4.78, 5) is 13.2. The zero-order valence-electron chi connectivity index (χ0n) is 10.2. The van der Waals surface area contributed by atoms with Crippen molar-refractivity contribution in [1.29, 1.82) is 0 Å². The molecule has 0 bridgehead atoms. The predicted octanol–water partition coefficient (Wildman–Crippen LogP) is 2.67. The Hall–Kier alpha value is -0.830. The number of allylic oxidation sites excluding steroid dienone is 1. The van der Waals surface area contributed by atoms with E-state index in [1.807, 2.05) is 12.2 Å². The summed E-state index contributed by atoms with van der Waals surface area (Å²) in [7, 11) is 0. The highest BCUT2D eigenvalue weighted by Gasteiger charge is 2.23. The van der Waals surface area contributed by atoms with Crippen LogP contribution in [0.25, 0.3) is 0 Å². The highest BCUT2D eigenvalue weighted by atomic mass is 16.4. The third kappa shape index (κ3) is 4.35. The molecule has 3 heteroatoms. The average molecular weight is 225 g/mol. The fourth-order valence-corrected chi connectivity index (χ4v) is 2.10. The van der Waals surface area contributed by atoms with Crippen LogP contribution in [0.5, 0.6) is 0 Å². The van der Waals surface area contributed by atoms with Crippen LogP contribution in [-0.2, 0) is 4.79 Å². The van der Waals surface area contributed by atoms with Crippen LogP contribution in [0.3, 0.4) is 0 Å². The van der Waals surface area contributed by atoms with Crippen molar-refractivity contribution in [2.24, 2.45) is 0 Å². The van der Waals surface area contributed by atoms with E-state index in [9.17, 15) is 9.90 Å². The molecule has 0 aromatic carbocycles. The number of carboxylic acid groups (broad SMARTS) is 1. The van der Waals surface area contributed by atoms with Gasteiger partial charge >= 0.3 is 5.97 Å². The molecule has 1 rings (SSSR count). The van der Waals surface area contributed by atoms with Crippen molar-refractivity contribution < 1.29 is 9.90 Å². The number of carboxylic acids is 1. The standard InChI is InChI=1S/C13H23NO2/c1-2-3-4-6-9-12(13(15)16)14-10-7-5-8-11-14/h6,9,12H,2-5,7-8,10-11H2,1H3,(H,15,16)/b9-6+. The Labute approximate surface area is 98.1 Å². The second-order valence-corrected chi connectivity index (χ2v) is 4.45. The molecule has 0 saturated carbocycles. The molecule has 1 aliphatic rings. The lowest BCUT2D eigenvalue weighted by atomic mass is 10.1. The van der Waals surface area contributed by atoms with Gasteiger partial charge in [-0.2, -0.15) is 0 Å². The van der Waals surface area contributed by atoms with Crippen LogP contribution < -0.4 is 0 Å². The number of hydrogen-bond acceptors (Lipinski definition) is 2. The first-order valence-electron chi connectivity index (χ1n) is 6.39. The summed E-state index contributed by atoms with van der Waals surface area (Å²) >= 11 is 0. The molecule has 1 heterocycles. The Balaban J connectivity index is 2.45. The van der Waals surface area contributed by atoms with Crippen molar-refractivity contribution in [3.8, 4) is 0 Å². The number of rotatable bonds is 6. The lowest BCUT2D eigenvalue weighted by Gasteiger charge is -2.30. The lowest BCUT2D eigenvalue weighted by Crippen LogP contribution is -2.42. The van der Waals surface area contributed by atoms with Crippen LogP contribution in [-0.4, -0.2) is 35.1 Å². The number of unbranched alkanes of at least 4 members (excludes halogenated alkanes) is 2. The van der Waals surface area contributed by atoms with Gasteiger partial charge in [0.2, 0.25) is 0 Å². The van der Waals surface area contributed by atoms with E-state index in [-0.39, 0.29) is 0 Å². The molecule has 1 fully saturated rings.